The first-order chi connectivity index (χ1) is 17.1. The molecular weight excluding hydrogens is 654 g/mol. The third-order valence-corrected chi connectivity index (χ3v) is 4.46. The minimum absolute atomic E-state index is 0. The van der Waals surface area contributed by atoms with Crippen LogP contribution < -0.4 is 36.4 Å². The summed E-state index contributed by atoms with van der Waals surface area (Å²) < 4.78 is 4.70. The van der Waals surface area contributed by atoms with Gasteiger partial charge in [-0.15, -0.1) is 0 Å². The van der Waals surface area contributed by atoms with Crippen LogP contribution in [0.3, 0.4) is 0 Å². The van der Waals surface area contributed by atoms with Gasteiger partial charge in [-0.2, -0.15) is 0 Å². The van der Waals surface area contributed by atoms with Crippen LogP contribution in [0.15, 0.2) is 0 Å². The number of nitrogens with two attached hydrogens (primary N) is 1. The fourth-order valence-corrected chi connectivity index (χ4v) is 2.49. The number of hydrogen-bond donors (Lipinski definition) is 7. The number of aliphatic hydroxyl groups excluding tert-OH is 4. The summed E-state index contributed by atoms with van der Waals surface area (Å²) in [6.07, 6.45) is -10.3. The number of hydrogen-bond acceptors (Lipinski definition) is 20. The zero-order valence-corrected chi connectivity index (χ0v) is 27.7. The molecule has 0 aromatic rings. The van der Waals surface area contributed by atoms with Crippen molar-refractivity contribution in [2.75, 3.05) is 6.61 Å². The number of aliphatic hydroxyl groups is 6. The van der Waals surface area contributed by atoms with Crippen LogP contribution in [0, 0.1) is 0 Å². The number of carboxylic acids is 6. The number of carboxylic acid groups (broad SMARTS) is 6. The van der Waals surface area contributed by atoms with E-state index >= 15 is 0 Å². The van der Waals surface area contributed by atoms with Crippen molar-refractivity contribution >= 4 is 149 Å². The molecule has 23 heteroatoms. The third-order valence-electron chi connectivity index (χ3n) is 4.46. The Morgan fingerprint density at radius 2 is 0.902 bits per heavy atom. The Hall–Kier alpha value is 0.279. The van der Waals surface area contributed by atoms with Crippen molar-refractivity contribution in [2.24, 2.45) is 5.73 Å². The minimum atomic E-state index is -2.97. The van der Waals surface area contributed by atoms with Gasteiger partial charge in [-0.3, -0.25) is 0 Å². The van der Waals surface area contributed by atoms with E-state index in [0.717, 1.165) is 0 Å². The van der Waals surface area contributed by atoms with Gasteiger partial charge in [0.2, 0.25) is 0 Å². The molecule has 20 nitrogen and oxygen atoms in total. The van der Waals surface area contributed by atoms with E-state index in [1.807, 2.05) is 0 Å². The summed E-state index contributed by atoms with van der Waals surface area (Å²) in [6, 6.07) is -1.04. The van der Waals surface area contributed by atoms with Gasteiger partial charge in [0.05, 0.1) is 24.6 Å². The molecule has 8 N–H and O–H groups in total. The van der Waals surface area contributed by atoms with Gasteiger partial charge in [0.1, 0.15) is 29.5 Å². The van der Waals surface area contributed by atoms with Crippen LogP contribution >= 0.6 is 0 Å². The van der Waals surface area contributed by atoms with Crippen molar-refractivity contribution in [3.8, 4) is 0 Å². The average Bonchev–Trinajstić information content (AvgIpc) is 2.73. The van der Waals surface area contributed by atoms with Crippen LogP contribution in [-0.2, 0) is 33.5 Å². The minimum Gasteiger partial charge on any atom is -0.550 e. The molecule has 0 saturated carbocycles. The molecule has 0 aromatic heterocycles. The average molecular weight is 678 g/mol. The maximum absolute atomic E-state index is 10.1. The molecular formula is C18H23Ca3NO19. The van der Waals surface area contributed by atoms with E-state index in [1.165, 1.54) is 0 Å². The first kappa shape index (κ1) is 50.9. The Kier molecular flexibility index (Phi) is 29.3. The molecule has 1 heterocycles. The second-order valence-electron chi connectivity index (χ2n) is 7.64. The standard InChI is InChI=1S/C6H13NO5.2C6H8O7.3Ca/c7-3-5(10)4(9)2(1-8)12-6(3)11;2*7-3(8)1-6(13,5(11)12)2-4(9)10;;;/h2-6,8-11H,1,7H2;2*13H,1-2H2,(H,7,8)(H,9,10)(H,11,12);;;/q;;;3*+2/p-6/t2-,3-,4-,5-,6?;;;;;/m1...../s1. The molecule has 1 unspecified atom stereocenters. The van der Waals surface area contributed by atoms with Crippen molar-refractivity contribution in [1.82, 2.24) is 0 Å². The second kappa shape index (κ2) is 23.6. The zero-order valence-electron chi connectivity index (χ0n) is 21.1. The van der Waals surface area contributed by atoms with Crippen molar-refractivity contribution in [3.05, 3.63) is 0 Å². The van der Waals surface area contributed by atoms with Crippen LogP contribution in [0.4, 0.5) is 0 Å². The Balaban J connectivity index is -0.000000153. The SMILES string of the molecule is N[C@H]1C(O)O[C@H](CO)[C@@H](O)[C@@H]1O.O=C([O-])CC(O)(CC(=O)[O-])C(=O)[O-].O=C([O-])CC(O)(CC(=O)[O-])C(=O)[O-].[Ca+2].[Ca+2].[Ca+2]. The molecule has 0 aromatic carbocycles. The first-order valence-electron chi connectivity index (χ1n) is 9.86. The van der Waals surface area contributed by atoms with Crippen molar-refractivity contribution in [1.29, 1.82) is 0 Å². The fourth-order valence-electron chi connectivity index (χ4n) is 2.49. The smallest absolute Gasteiger partial charge is 0.550 e. The third kappa shape index (κ3) is 20.0. The van der Waals surface area contributed by atoms with Crippen molar-refractivity contribution in [3.63, 3.8) is 0 Å². The molecule has 1 aliphatic heterocycles. The maximum atomic E-state index is 10.1. The summed E-state index contributed by atoms with van der Waals surface area (Å²) in [5, 5.41) is 114. The molecule has 41 heavy (non-hydrogen) atoms. The maximum Gasteiger partial charge on any atom is 2.00 e. The molecule has 1 fully saturated rings. The number of carbonyl (C=O) groups excluding carboxylic acids is 6. The molecule has 0 radical (unpaired) electrons. The van der Waals surface area contributed by atoms with Gasteiger partial charge in [-0.25, -0.2) is 0 Å². The monoisotopic (exact) mass is 677 g/mol. The molecule has 220 valence electrons. The quantitative estimate of drug-likeness (QED) is 0.0997. The summed E-state index contributed by atoms with van der Waals surface area (Å²) in [5.74, 6) is -12.0. The predicted molar refractivity (Wildman–Crippen MR) is 114 cm³/mol. The molecule has 0 amide bonds. The largest absolute Gasteiger partial charge is 2.00 e. The van der Waals surface area contributed by atoms with Crippen molar-refractivity contribution < 1.29 is 94.8 Å². The van der Waals surface area contributed by atoms with Crippen LogP contribution in [0.5, 0.6) is 0 Å². The van der Waals surface area contributed by atoms with E-state index in [0.29, 0.717) is 0 Å². The number of rotatable bonds is 11. The van der Waals surface area contributed by atoms with Gasteiger partial charge in [-0.05, 0) is 0 Å². The van der Waals surface area contributed by atoms with E-state index in [9.17, 15) is 69.6 Å². The molecule has 0 bridgehead atoms. The number of aliphatic carboxylic acids is 6. The van der Waals surface area contributed by atoms with Gasteiger partial charge in [0, 0.05) is 49.6 Å². The van der Waals surface area contributed by atoms with E-state index in [2.05, 4.69) is 0 Å². The van der Waals surface area contributed by atoms with E-state index < -0.39 is 110 Å². The normalized spacial score (nSPS) is 21.3. The molecule has 1 aliphatic rings. The van der Waals surface area contributed by atoms with Crippen LogP contribution in [0.2, 0.25) is 0 Å². The molecule has 1 saturated heterocycles. The molecule has 0 aliphatic carbocycles. The van der Waals surface area contributed by atoms with E-state index in [1.54, 1.807) is 0 Å². The number of ether oxygens (including phenoxy) is 1. The molecule has 0 spiro atoms. The second-order valence-corrected chi connectivity index (χ2v) is 7.64. The zero-order chi connectivity index (χ0) is 30.6. The summed E-state index contributed by atoms with van der Waals surface area (Å²) in [6.45, 7) is -0.470. The van der Waals surface area contributed by atoms with Gasteiger partial charge >= 0.3 is 113 Å². The Morgan fingerprint density at radius 1 is 0.634 bits per heavy atom. The van der Waals surface area contributed by atoms with Gasteiger partial charge < -0.3 is 101 Å². The van der Waals surface area contributed by atoms with E-state index in [4.69, 9.17) is 30.9 Å². The van der Waals surface area contributed by atoms with Crippen LogP contribution in [0.1, 0.15) is 25.7 Å². The summed E-state index contributed by atoms with van der Waals surface area (Å²) in [4.78, 5) is 60.0. The van der Waals surface area contributed by atoms with E-state index in [-0.39, 0.29) is 113 Å². The Bertz CT molecular complexity index is 785. The molecule has 5 atom stereocenters. The van der Waals surface area contributed by atoms with Crippen LogP contribution in [-0.4, -0.2) is 228 Å². The fraction of sp³-hybridized carbons (Fsp3) is 0.667. The van der Waals surface area contributed by atoms with Gasteiger partial charge in [0.25, 0.3) is 0 Å². The first-order valence-corrected chi connectivity index (χ1v) is 9.86. The van der Waals surface area contributed by atoms with Crippen LogP contribution in [0.25, 0.3) is 0 Å². The Morgan fingerprint density at radius 3 is 1.10 bits per heavy atom. The summed E-state index contributed by atoms with van der Waals surface area (Å²) >= 11 is 0. The van der Waals surface area contributed by atoms with Gasteiger partial charge in [0.15, 0.2) is 6.29 Å². The number of carbonyl (C=O) groups is 6. The molecule has 1 rings (SSSR count). The predicted octanol–water partition coefficient (Wildman–Crippen LogP) is -14.9. The summed E-state index contributed by atoms with van der Waals surface area (Å²) in [5.41, 5.74) is -0.687. The summed E-state index contributed by atoms with van der Waals surface area (Å²) in [7, 11) is 0. The topological polar surface area (TPSA) is 397 Å². The van der Waals surface area contributed by atoms with Gasteiger partial charge in [-0.1, -0.05) is 0 Å². The van der Waals surface area contributed by atoms with Crippen molar-refractivity contribution in [2.45, 2.75) is 67.5 Å². The Labute approximate surface area is 319 Å².